The highest BCUT2D eigenvalue weighted by atomic mass is 16.5. The third kappa shape index (κ3) is 3.70. The van der Waals surface area contributed by atoms with Gasteiger partial charge in [0.25, 0.3) is 0 Å². The third-order valence-electron chi connectivity index (χ3n) is 5.65. The summed E-state index contributed by atoms with van der Waals surface area (Å²) in [6.45, 7) is 2.16. The first kappa shape index (κ1) is 17.8. The van der Waals surface area contributed by atoms with E-state index in [0.29, 0.717) is 12.5 Å². The first-order chi connectivity index (χ1) is 14.3. The van der Waals surface area contributed by atoms with Crippen LogP contribution >= 0.6 is 0 Å². The van der Waals surface area contributed by atoms with E-state index in [2.05, 4.69) is 66.8 Å². The Morgan fingerprint density at radius 1 is 1.14 bits per heavy atom. The Morgan fingerprint density at radius 2 is 2.00 bits per heavy atom. The number of hydrogen-bond donors (Lipinski definition) is 2. The molecule has 0 bridgehead atoms. The van der Waals surface area contributed by atoms with Gasteiger partial charge >= 0.3 is 0 Å². The quantitative estimate of drug-likeness (QED) is 0.518. The number of anilines is 1. The van der Waals surface area contributed by atoms with Crippen molar-refractivity contribution in [1.82, 2.24) is 30.3 Å². The van der Waals surface area contributed by atoms with Crippen LogP contribution in [0.15, 0.2) is 41.3 Å². The predicted molar refractivity (Wildman–Crippen MR) is 109 cm³/mol. The summed E-state index contributed by atoms with van der Waals surface area (Å²) in [7, 11) is 0. The van der Waals surface area contributed by atoms with E-state index in [9.17, 15) is 0 Å². The van der Waals surface area contributed by atoms with Gasteiger partial charge in [0.1, 0.15) is 12.1 Å². The molecule has 1 saturated carbocycles. The Balaban J connectivity index is 1.23. The standard InChI is InChI=1S/C21H23N7O/c1-2-13-3-5-14(6-4-13)9-18-26-21(29-28-18)15-7-8-16(10-15)25-19-17-11-24-27-20(17)23-12-22-19/h3-6,11-12,15-16H,2,7-10H2,1H3,(H2,22,23,24,25,27)/t15-,16-/m0/s1. The zero-order valence-corrected chi connectivity index (χ0v) is 16.3. The molecule has 1 aliphatic rings. The molecule has 0 amide bonds. The molecule has 3 aromatic heterocycles. The molecule has 0 saturated heterocycles. The first-order valence-corrected chi connectivity index (χ1v) is 10.1. The van der Waals surface area contributed by atoms with Crippen molar-refractivity contribution in [3.05, 3.63) is 59.6 Å². The van der Waals surface area contributed by atoms with Crippen LogP contribution in [0.2, 0.25) is 0 Å². The fourth-order valence-electron chi connectivity index (χ4n) is 3.99. The number of nitrogens with one attached hydrogen (secondary N) is 2. The zero-order valence-electron chi connectivity index (χ0n) is 16.3. The largest absolute Gasteiger partial charge is 0.367 e. The number of aryl methyl sites for hydroxylation is 1. The van der Waals surface area contributed by atoms with Crippen molar-refractivity contribution in [3.8, 4) is 0 Å². The number of nitrogens with zero attached hydrogens (tertiary/aromatic N) is 5. The molecule has 3 heterocycles. The minimum absolute atomic E-state index is 0.276. The van der Waals surface area contributed by atoms with Gasteiger partial charge in [-0.3, -0.25) is 5.10 Å². The van der Waals surface area contributed by atoms with Gasteiger partial charge in [0.2, 0.25) is 5.89 Å². The van der Waals surface area contributed by atoms with Crippen molar-refractivity contribution in [3.63, 3.8) is 0 Å². The van der Waals surface area contributed by atoms with Gasteiger partial charge in [0.05, 0.1) is 11.6 Å². The lowest BCUT2D eigenvalue weighted by Crippen LogP contribution is -2.16. The normalized spacial score (nSPS) is 19.1. The van der Waals surface area contributed by atoms with Gasteiger partial charge in [0, 0.05) is 18.4 Å². The van der Waals surface area contributed by atoms with Crippen molar-refractivity contribution in [2.45, 2.75) is 51.0 Å². The van der Waals surface area contributed by atoms with Gasteiger partial charge in [-0.25, -0.2) is 9.97 Å². The summed E-state index contributed by atoms with van der Waals surface area (Å²) in [6, 6.07) is 8.91. The van der Waals surface area contributed by atoms with E-state index in [1.807, 2.05) is 0 Å². The lowest BCUT2D eigenvalue weighted by atomic mass is 10.1. The minimum Gasteiger partial charge on any atom is -0.367 e. The molecule has 5 rings (SSSR count). The highest BCUT2D eigenvalue weighted by Crippen LogP contribution is 2.35. The molecule has 0 radical (unpaired) electrons. The summed E-state index contributed by atoms with van der Waals surface area (Å²) in [4.78, 5) is 13.2. The van der Waals surface area contributed by atoms with E-state index >= 15 is 0 Å². The Morgan fingerprint density at radius 3 is 2.86 bits per heavy atom. The highest BCUT2D eigenvalue weighted by molar-refractivity contribution is 5.85. The lowest BCUT2D eigenvalue weighted by molar-refractivity contribution is 0.350. The maximum Gasteiger partial charge on any atom is 0.229 e. The minimum atomic E-state index is 0.276. The van der Waals surface area contributed by atoms with Gasteiger partial charge in [-0.1, -0.05) is 36.3 Å². The van der Waals surface area contributed by atoms with Crippen molar-refractivity contribution >= 4 is 16.9 Å². The van der Waals surface area contributed by atoms with Crippen LogP contribution in [-0.2, 0) is 12.8 Å². The van der Waals surface area contributed by atoms with Gasteiger partial charge in [-0.15, -0.1) is 0 Å². The number of benzene rings is 1. The van der Waals surface area contributed by atoms with Crippen molar-refractivity contribution in [1.29, 1.82) is 0 Å². The number of aromatic nitrogens is 6. The topological polar surface area (TPSA) is 105 Å². The summed E-state index contributed by atoms with van der Waals surface area (Å²) < 4.78 is 5.59. The second-order valence-electron chi connectivity index (χ2n) is 7.60. The zero-order chi connectivity index (χ0) is 19.6. The van der Waals surface area contributed by atoms with E-state index < -0.39 is 0 Å². The van der Waals surface area contributed by atoms with Crippen LogP contribution in [0.3, 0.4) is 0 Å². The monoisotopic (exact) mass is 389 g/mol. The molecule has 29 heavy (non-hydrogen) atoms. The third-order valence-corrected chi connectivity index (χ3v) is 5.65. The van der Waals surface area contributed by atoms with Crippen LogP contribution in [0.25, 0.3) is 11.0 Å². The predicted octanol–water partition coefficient (Wildman–Crippen LogP) is 3.64. The van der Waals surface area contributed by atoms with E-state index in [1.165, 1.54) is 11.1 Å². The maximum atomic E-state index is 5.59. The highest BCUT2D eigenvalue weighted by Gasteiger charge is 2.30. The van der Waals surface area contributed by atoms with E-state index in [0.717, 1.165) is 54.2 Å². The van der Waals surface area contributed by atoms with Crippen molar-refractivity contribution < 1.29 is 4.52 Å². The molecule has 1 fully saturated rings. The molecule has 0 aliphatic heterocycles. The molecule has 2 N–H and O–H groups in total. The summed E-state index contributed by atoms with van der Waals surface area (Å²) in [5.41, 5.74) is 3.28. The number of rotatable bonds is 6. The molecule has 1 aromatic carbocycles. The van der Waals surface area contributed by atoms with Crippen LogP contribution in [-0.4, -0.2) is 36.3 Å². The second kappa shape index (κ2) is 7.62. The molecule has 2 atom stereocenters. The van der Waals surface area contributed by atoms with Crippen molar-refractivity contribution in [2.75, 3.05) is 5.32 Å². The molecular formula is C21H23N7O. The van der Waals surface area contributed by atoms with E-state index in [-0.39, 0.29) is 5.92 Å². The smallest absolute Gasteiger partial charge is 0.229 e. The van der Waals surface area contributed by atoms with Crippen LogP contribution < -0.4 is 5.32 Å². The Labute approximate surface area is 168 Å². The Kier molecular flexibility index (Phi) is 4.67. The summed E-state index contributed by atoms with van der Waals surface area (Å²) >= 11 is 0. The number of aromatic amines is 1. The average Bonchev–Trinajstić information content (AvgIpc) is 3.49. The van der Waals surface area contributed by atoms with E-state index in [1.54, 1.807) is 12.5 Å². The average molecular weight is 389 g/mol. The van der Waals surface area contributed by atoms with Crippen LogP contribution in [0.4, 0.5) is 5.82 Å². The van der Waals surface area contributed by atoms with Crippen LogP contribution in [0.5, 0.6) is 0 Å². The maximum absolute atomic E-state index is 5.59. The number of hydrogen-bond acceptors (Lipinski definition) is 7. The molecule has 0 spiro atoms. The summed E-state index contributed by atoms with van der Waals surface area (Å²) in [5, 5.41) is 15.6. The Hall–Kier alpha value is -3.29. The van der Waals surface area contributed by atoms with Crippen LogP contribution in [0, 0.1) is 0 Å². The first-order valence-electron chi connectivity index (χ1n) is 10.1. The molecule has 4 aromatic rings. The fraction of sp³-hybridized carbons (Fsp3) is 0.381. The summed E-state index contributed by atoms with van der Waals surface area (Å²) in [5.74, 6) is 2.58. The Bertz CT molecular complexity index is 1100. The van der Waals surface area contributed by atoms with Crippen LogP contribution in [0.1, 0.15) is 54.9 Å². The molecule has 0 unspecified atom stereocenters. The molecule has 1 aliphatic carbocycles. The van der Waals surface area contributed by atoms with E-state index in [4.69, 9.17) is 4.52 Å². The SMILES string of the molecule is CCc1ccc(Cc2noc([C@H]3CC[C@H](Nc4ncnc5[nH]ncc45)C3)n2)cc1. The van der Waals surface area contributed by atoms with Crippen molar-refractivity contribution in [2.24, 2.45) is 0 Å². The number of H-pyrrole nitrogens is 1. The fourth-order valence-corrected chi connectivity index (χ4v) is 3.99. The van der Waals surface area contributed by atoms with Gasteiger partial charge in [0.15, 0.2) is 11.5 Å². The molecule has 8 nitrogen and oxygen atoms in total. The van der Waals surface area contributed by atoms with Gasteiger partial charge in [-0.2, -0.15) is 10.1 Å². The summed E-state index contributed by atoms with van der Waals surface area (Å²) in [6.07, 6.45) is 8.03. The number of fused-ring (bicyclic) bond motifs is 1. The molecule has 8 heteroatoms. The lowest BCUT2D eigenvalue weighted by Gasteiger charge is -2.13. The molecule has 148 valence electrons. The van der Waals surface area contributed by atoms with Gasteiger partial charge in [-0.05, 0) is 36.8 Å². The second-order valence-corrected chi connectivity index (χ2v) is 7.60. The molecular weight excluding hydrogens is 366 g/mol. The van der Waals surface area contributed by atoms with Gasteiger partial charge < -0.3 is 9.84 Å².